The van der Waals surface area contributed by atoms with E-state index in [1.807, 2.05) is 36.4 Å². The van der Waals surface area contributed by atoms with E-state index >= 15 is 0 Å². The molecule has 1 N–H and O–H groups in total. The summed E-state index contributed by atoms with van der Waals surface area (Å²) in [5.74, 6) is -0.867. The number of cyclic esters (lactones) is 1. The Bertz CT molecular complexity index is 801. The minimum Gasteiger partial charge on any atom is -0.452 e. The monoisotopic (exact) mass is 355 g/mol. The lowest BCUT2D eigenvalue weighted by atomic mass is 10.1. The van der Waals surface area contributed by atoms with Gasteiger partial charge in [-0.05, 0) is 29.7 Å². The van der Waals surface area contributed by atoms with Gasteiger partial charge in [0.15, 0.2) is 0 Å². The fraction of sp³-hybridized carbons (Fsp3) is 0.300. The number of esters is 1. The van der Waals surface area contributed by atoms with Crippen molar-refractivity contribution in [3.05, 3.63) is 65.2 Å². The average molecular weight is 355 g/mol. The third kappa shape index (κ3) is 4.53. The Balaban J connectivity index is 1.49. The van der Waals surface area contributed by atoms with E-state index in [0.29, 0.717) is 24.3 Å². The lowest BCUT2D eigenvalue weighted by Crippen LogP contribution is -2.38. The lowest BCUT2D eigenvalue weighted by molar-refractivity contribution is -0.127. The van der Waals surface area contributed by atoms with E-state index in [4.69, 9.17) is 14.2 Å². The first-order chi connectivity index (χ1) is 12.4. The van der Waals surface area contributed by atoms with E-state index in [9.17, 15) is 9.59 Å². The van der Waals surface area contributed by atoms with E-state index in [2.05, 4.69) is 5.32 Å². The number of benzene rings is 2. The number of amides is 1. The first-order valence-corrected chi connectivity index (χ1v) is 8.43. The van der Waals surface area contributed by atoms with Crippen molar-refractivity contribution in [1.82, 2.24) is 5.32 Å². The number of alkyl carbamates (subject to hydrolysis) is 1. The number of carbonyl (C=O) groups is 2. The van der Waals surface area contributed by atoms with Gasteiger partial charge in [-0.2, -0.15) is 0 Å². The molecule has 0 radical (unpaired) electrons. The second-order valence-electron chi connectivity index (χ2n) is 6.46. The van der Waals surface area contributed by atoms with E-state index in [1.54, 1.807) is 26.0 Å². The Morgan fingerprint density at radius 2 is 1.85 bits per heavy atom. The summed E-state index contributed by atoms with van der Waals surface area (Å²) >= 11 is 0. The van der Waals surface area contributed by atoms with E-state index in [0.717, 1.165) is 11.1 Å². The van der Waals surface area contributed by atoms with Crippen LogP contribution in [0.5, 0.6) is 5.75 Å². The Labute approximate surface area is 152 Å². The molecular formula is C20H21NO5. The van der Waals surface area contributed by atoms with Crippen molar-refractivity contribution in [3.8, 4) is 5.75 Å². The van der Waals surface area contributed by atoms with Crippen molar-refractivity contribution in [1.29, 1.82) is 0 Å². The molecule has 0 spiro atoms. The normalized spacial score (nSPS) is 14.6. The number of ether oxygens (including phenoxy) is 3. The number of fused-ring (bicyclic) bond motifs is 1. The Hall–Kier alpha value is -3.02. The van der Waals surface area contributed by atoms with Gasteiger partial charge in [0.2, 0.25) is 5.79 Å². The second-order valence-corrected chi connectivity index (χ2v) is 6.46. The Morgan fingerprint density at radius 3 is 2.62 bits per heavy atom. The van der Waals surface area contributed by atoms with Crippen molar-refractivity contribution in [2.75, 3.05) is 6.54 Å². The quantitative estimate of drug-likeness (QED) is 0.832. The maximum Gasteiger partial charge on any atom is 0.407 e. The van der Waals surface area contributed by atoms with Gasteiger partial charge >= 0.3 is 12.1 Å². The fourth-order valence-corrected chi connectivity index (χ4v) is 2.63. The van der Waals surface area contributed by atoms with Crippen LogP contribution in [0.25, 0.3) is 0 Å². The fourth-order valence-electron chi connectivity index (χ4n) is 2.63. The third-order valence-corrected chi connectivity index (χ3v) is 3.85. The maximum atomic E-state index is 12.1. The van der Waals surface area contributed by atoms with Gasteiger partial charge in [0.25, 0.3) is 0 Å². The van der Waals surface area contributed by atoms with Gasteiger partial charge in [-0.1, -0.05) is 36.4 Å². The zero-order valence-corrected chi connectivity index (χ0v) is 14.8. The molecule has 26 heavy (non-hydrogen) atoms. The van der Waals surface area contributed by atoms with Crippen molar-refractivity contribution in [2.45, 2.75) is 32.7 Å². The smallest absolute Gasteiger partial charge is 0.407 e. The molecule has 2 aromatic rings. The molecule has 1 aliphatic heterocycles. The van der Waals surface area contributed by atoms with Crippen LogP contribution < -0.4 is 10.1 Å². The van der Waals surface area contributed by atoms with E-state index < -0.39 is 17.8 Å². The molecule has 6 nitrogen and oxygen atoms in total. The molecule has 1 heterocycles. The zero-order valence-electron chi connectivity index (χ0n) is 14.8. The molecule has 0 saturated heterocycles. The molecule has 0 atom stereocenters. The largest absolute Gasteiger partial charge is 0.452 e. The summed E-state index contributed by atoms with van der Waals surface area (Å²) < 4.78 is 16.0. The minimum absolute atomic E-state index is 0.227. The molecule has 3 rings (SSSR count). The van der Waals surface area contributed by atoms with Crippen LogP contribution >= 0.6 is 0 Å². The van der Waals surface area contributed by atoms with E-state index in [-0.39, 0.29) is 6.61 Å². The van der Waals surface area contributed by atoms with Gasteiger partial charge in [-0.15, -0.1) is 0 Å². The molecule has 1 amide bonds. The van der Waals surface area contributed by atoms with Gasteiger partial charge in [0.05, 0.1) is 0 Å². The van der Waals surface area contributed by atoms with Gasteiger partial charge in [0.1, 0.15) is 17.9 Å². The Morgan fingerprint density at radius 1 is 1.08 bits per heavy atom. The van der Waals surface area contributed by atoms with Crippen molar-refractivity contribution < 1.29 is 23.8 Å². The lowest BCUT2D eigenvalue weighted by Gasteiger charge is -2.31. The molecule has 1 aliphatic rings. The van der Waals surface area contributed by atoms with Crippen LogP contribution in [0.1, 0.15) is 35.3 Å². The van der Waals surface area contributed by atoms with Gasteiger partial charge < -0.3 is 19.5 Å². The summed E-state index contributed by atoms with van der Waals surface area (Å²) in [7, 11) is 0. The summed E-state index contributed by atoms with van der Waals surface area (Å²) in [6, 6.07) is 14.8. The van der Waals surface area contributed by atoms with E-state index in [1.165, 1.54) is 0 Å². The third-order valence-electron chi connectivity index (χ3n) is 3.85. The van der Waals surface area contributed by atoms with Crippen LogP contribution in [0.3, 0.4) is 0 Å². The Kier molecular flexibility index (Phi) is 5.11. The average Bonchev–Trinajstić information content (AvgIpc) is 2.60. The zero-order chi connectivity index (χ0) is 18.6. The van der Waals surface area contributed by atoms with Crippen LogP contribution in [0, 0.1) is 0 Å². The first-order valence-electron chi connectivity index (χ1n) is 8.43. The van der Waals surface area contributed by atoms with Crippen LogP contribution in [0.15, 0.2) is 48.5 Å². The molecule has 0 saturated carbocycles. The van der Waals surface area contributed by atoms with Gasteiger partial charge in [0, 0.05) is 20.4 Å². The second kappa shape index (κ2) is 7.47. The van der Waals surface area contributed by atoms with Gasteiger partial charge in [-0.3, -0.25) is 0 Å². The summed E-state index contributed by atoms with van der Waals surface area (Å²) in [6.45, 7) is 4.00. The molecule has 0 aromatic heterocycles. The molecule has 136 valence electrons. The van der Waals surface area contributed by atoms with Gasteiger partial charge in [-0.25, -0.2) is 9.59 Å². The molecular weight excluding hydrogens is 334 g/mol. The predicted octanol–water partition coefficient (Wildman–Crippen LogP) is 3.44. The summed E-state index contributed by atoms with van der Waals surface area (Å²) in [4.78, 5) is 23.8. The topological polar surface area (TPSA) is 73.9 Å². The minimum atomic E-state index is -0.963. The highest BCUT2D eigenvalue weighted by Gasteiger charge is 2.33. The molecule has 0 aliphatic carbocycles. The number of nitrogens with one attached hydrogen (secondary N) is 1. The summed E-state index contributed by atoms with van der Waals surface area (Å²) in [6.07, 6.45) is 0.0843. The molecule has 0 unspecified atom stereocenters. The highest BCUT2D eigenvalue weighted by atomic mass is 16.7. The first kappa shape index (κ1) is 17.8. The predicted molar refractivity (Wildman–Crippen MR) is 94.9 cm³/mol. The maximum absolute atomic E-state index is 12.1. The van der Waals surface area contributed by atoms with Crippen LogP contribution in [0.4, 0.5) is 4.79 Å². The van der Waals surface area contributed by atoms with Crippen LogP contribution in [0.2, 0.25) is 0 Å². The standard InChI is InChI=1S/C20H21NO5/c1-20(2)25-17-9-8-14(12-16(17)18(22)26-20)10-11-21-19(23)24-13-15-6-4-3-5-7-15/h3-9,12H,10-11,13H2,1-2H3,(H,21,23). The highest BCUT2D eigenvalue weighted by molar-refractivity contribution is 5.93. The summed E-state index contributed by atoms with van der Waals surface area (Å²) in [5, 5.41) is 2.70. The number of carbonyl (C=O) groups excluding carboxylic acids is 2. The molecule has 2 aromatic carbocycles. The van der Waals surface area contributed by atoms with Crippen molar-refractivity contribution in [2.24, 2.45) is 0 Å². The highest BCUT2D eigenvalue weighted by Crippen LogP contribution is 2.31. The SMILES string of the molecule is CC1(C)OC(=O)c2cc(CCNC(=O)OCc3ccccc3)ccc2O1. The van der Waals surface area contributed by atoms with Crippen LogP contribution in [-0.2, 0) is 22.5 Å². The molecule has 6 heteroatoms. The number of hydrogen-bond acceptors (Lipinski definition) is 5. The van der Waals surface area contributed by atoms with Crippen molar-refractivity contribution in [3.63, 3.8) is 0 Å². The van der Waals surface area contributed by atoms with Crippen molar-refractivity contribution >= 4 is 12.1 Å². The number of rotatable bonds is 5. The number of hydrogen-bond donors (Lipinski definition) is 1. The summed E-state index contributed by atoms with van der Waals surface area (Å²) in [5.41, 5.74) is 2.22. The molecule has 0 bridgehead atoms. The van der Waals surface area contributed by atoms with Crippen LogP contribution in [-0.4, -0.2) is 24.4 Å². The molecule has 0 fully saturated rings.